The van der Waals surface area contributed by atoms with Crippen LogP contribution in [0.25, 0.3) is 0 Å². The molecule has 1 saturated carbocycles. The molecule has 0 radical (unpaired) electrons. The normalized spacial score (nSPS) is 43.2. The summed E-state index contributed by atoms with van der Waals surface area (Å²) in [6.45, 7) is 8.10. The first kappa shape index (κ1) is 9.47. The number of nitrogens with one attached hydrogen (secondary N) is 1. The molecular formula is C11H22N2. The van der Waals surface area contributed by atoms with Crippen molar-refractivity contribution in [3.8, 4) is 0 Å². The Kier molecular flexibility index (Phi) is 2.37. The van der Waals surface area contributed by atoms with Gasteiger partial charge >= 0.3 is 0 Å². The van der Waals surface area contributed by atoms with Crippen LogP contribution in [0.5, 0.6) is 0 Å². The van der Waals surface area contributed by atoms with Gasteiger partial charge in [-0.2, -0.15) is 0 Å². The van der Waals surface area contributed by atoms with Gasteiger partial charge < -0.3 is 11.1 Å². The molecule has 1 aliphatic carbocycles. The fraction of sp³-hybridized carbons (Fsp3) is 1.00. The molecule has 0 aromatic carbocycles. The molecule has 1 saturated heterocycles. The number of rotatable bonds is 1. The summed E-state index contributed by atoms with van der Waals surface area (Å²) in [6, 6.07) is 0. The minimum absolute atomic E-state index is 0.559. The Labute approximate surface area is 81.3 Å². The van der Waals surface area contributed by atoms with Crippen LogP contribution in [0.4, 0.5) is 0 Å². The van der Waals surface area contributed by atoms with Crippen molar-refractivity contribution in [2.75, 3.05) is 19.6 Å². The van der Waals surface area contributed by atoms with Crippen LogP contribution in [0, 0.1) is 23.2 Å². The topological polar surface area (TPSA) is 38.0 Å². The second-order valence-electron chi connectivity index (χ2n) is 5.65. The average molecular weight is 182 g/mol. The van der Waals surface area contributed by atoms with E-state index in [1.165, 1.54) is 25.9 Å². The quantitative estimate of drug-likeness (QED) is 0.640. The summed E-state index contributed by atoms with van der Waals surface area (Å²) in [6.07, 6.45) is 2.72. The zero-order chi connectivity index (χ0) is 9.47. The summed E-state index contributed by atoms with van der Waals surface area (Å²) in [5.41, 5.74) is 6.41. The molecule has 1 aliphatic heterocycles. The lowest BCUT2D eigenvalue weighted by Gasteiger charge is -2.49. The lowest BCUT2D eigenvalue weighted by atomic mass is 9.60. The van der Waals surface area contributed by atoms with Crippen molar-refractivity contribution in [3.63, 3.8) is 0 Å². The maximum atomic E-state index is 5.85. The van der Waals surface area contributed by atoms with E-state index in [2.05, 4.69) is 19.2 Å². The van der Waals surface area contributed by atoms with Gasteiger partial charge in [-0.25, -0.2) is 0 Å². The SMILES string of the molecule is CC1(C)CC2CNCC(C1)C2CN. The highest BCUT2D eigenvalue weighted by molar-refractivity contribution is 4.95. The largest absolute Gasteiger partial charge is 0.330 e. The van der Waals surface area contributed by atoms with Gasteiger partial charge in [0.15, 0.2) is 0 Å². The van der Waals surface area contributed by atoms with E-state index in [1.54, 1.807) is 0 Å². The molecule has 2 bridgehead atoms. The predicted molar refractivity (Wildman–Crippen MR) is 55.4 cm³/mol. The third-order valence-electron chi connectivity index (χ3n) is 3.93. The van der Waals surface area contributed by atoms with E-state index < -0.39 is 0 Å². The fourth-order valence-corrected chi connectivity index (χ4v) is 3.48. The van der Waals surface area contributed by atoms with Crippen LogP contribution in [0.1, 0.15) is 26.7 Å². The Hall–Kier alpha value is -0.0800. The van der Waals surface area contributed by atoms with Crippen LogP contribution in [-0.4, -0.2) is 19.6 Å². The molecule has 2 rings (SSSR count). The highest BCUT2D eigenvalue weighted by Gasteiger charge is 2.42. The Morgan fingerprint density at radius 3 is 2.23 bits per heavy atom. The van der Waals surface area contributed by atoms with Crippen LogP contribution in [-0.2, 0) is 0 Å². The second-order valence-corrected chi connectivity index (χ2v) is 5.65. The first-order valence-electron chi connectivity index (χ1n) is 5.53. The Balaban J connectivity index is 2.12. The maximum absolute atomic E-state index is 5.85. The van der Waals surface area contributed by atoms with Gasteiger partial charge in [0.25, 0.3) is 0 Å². The van der Waals surface area contributed by atoms with E-state index in [9.17, 15) is 0 Å². The third kappa shape index (κ3) is 1.75. The van der Waals surface area contributed by atoms with Crippen LogP contribution < -0.4 is 11.1 Å². The lowest BCUT2D eigenvalue weighted by molar-refractivity contribution is 0.0330. The zero-order valence-corrected chi connectivity index (χ0v) is 8.84. The van der Waals surface area contributed by atoms with Gasteiger partial charge in [0.2, 0.25) is 0 Å². The van der Waals surface area contributed by atoms with Gasteiger partial charge in [-0.05, 0) is 55.6 Å². The molecule has 2 heteroatoms. The molecule has 2 nitrogen and oxygen atoms in total. The van der Waals surface area contributed by atoms with Crippen molar-refractivity contribution in [2.24, 2.45) is 28.9 Å². The number of fused-ring (bicyclic) bond motifs is 2. The minimum Gasteiger partial charge on any atom is -0.330 e. The van der Waals surface area contributed by atoms with Crippen molar-refractivity contribution in [3.05, 3.63) is 0 Å². The summed E-state index contributed by atoms with van der Waals surface area (Å²) < 4.78 is 0. The van der Waals surface area contributed by atoms with E-state index in [4.69, 9.17) is 5.73 Å². The Morgan fingerprint density at radius 2 is 1.77 bits per heavy atom. The van der Waals surface area contributed by atoms with Gasteiger partial charge in [-0.15, -0.1) is 0 Å². The number of piperidine rings is 1. The second kappa shape index (κ2) is 3.25. The summed E-state index contributed by atoms with van der Waals surface area (Å²) in [5, 5.41) is 3.53. The molecule has 0 aromatic heterocycles. The van der Waals surface area contributed by atoms with Crippen LogP contribution in [0.2, 0.25) is 0 Å². The van der Waals surface area contributed by atoms with Crippen LogP contribution >= 0.6 is 0 Å². The van der Waals surface area contributed by atoms with Gasteiger partial charge in [0, 0.05) is 0 Å². The van der Waals surface area contributed by atoms with E-state index >= 15 is 0 Å². The molecular weight excluding hydrogens is 160 g/mol. The lowest BCUT2D eigenvalue weighted by Crippen LogP contribution is -2.52. The van der Waals surface area contributed by atoms with Gasteiger partial charge in [-0.1, -0.05) is 13.8 Å². The number of hydrogen-bond donors (Lipinski definition) is 2. The third-order valence-corrected chi connectivity index (χ3v) is 3.93. The molecule has 3 N–H and O–H groups in total. The smallest absolute Gasteiger partial charge is 0.00170 e. The monoisotopic (exact) mass is 182 g/mol. The minimum atomic E-state index is 0.559. The molecule has 0 aromatic rings. The van der Waals surface area contributed by atoms with Crippen LogP contribution in [0.15, 0.2) is 0 Å². The summed E-state index contributed by atoms with van der Waals surface area (Å²) in [4.78, 5) is 0. The number of hydrogen-bond acceptors (Lipinski definition) is 2. The van der Waals surface area contributed by atoms with E-state index in [0.717, 1.165) is 24.3 Å². The standard InChI is InChI=1S/C11H22N2/c1-11(2)3-8-6-13-7-9(4-11)10(8)5-12/h8-10,13H,3-7,12H2,1-2H3. The summed E-state index contributed by atoms with van der Waals surface area (Å²) in [5.74, 6) is 2.48. The maximum Gasteiger partial charge on any atom is -0.00170 e. The Morgan fingerprint density at radius 1 is 1.23 bits per heavy atom. The average Bonchev–Trinajstić information content (AvgIpc) is 2.01. The molecule has 13 heavy (non-hydrogen) atoms. The van der Waals surface area contributed by atoms with Crippen LogP contribution in [0.3, 0.4) is 0 Å². The highest BCUT2D eigenvalue weighted by Crippen LogP contribution is 2.45. The molecule has 2 atom stereocenters. The molecule has 0 amide bonds. The summed E-state index contributed by atoms with van der Waals surface area (Å²) >= 11 is 0. The molecule has 2 aliphatic rings. The van der Waals surface area contributed by atoms with Crippen molar-refractivity contribution in [1.29, 1.82) is 0 Å². The fourth-order valence-electron chi connectivity index (χ4n) is 3.48. The van der Waals surface area contributed by atoms with Crippen molar-refractivity contribution < 1.29 is 0 Å². The zero-order valence-electron chi connectivity index (χ0n) is 8.84. The van der Waals surface area contributed by atoms with E-state index in [0.29, 0.717) is 5.41 Å². The molecule has 0 spiro atoms. The first-order chi connectivity index (χ1) is 6.12. The molecule has 2 fully saturated rings. The van der Waals surface area contributed by atoms with Crippen molar-refractivity contribution in [2.45, 2.75) is 26.7 Å². The molecule has 1 heterocycles. The predicted octanol–water partition coefficient (Wildman–Crippen LogP) is 1.22. The molecule has 76 valence electrons. The number of nitrogens with two attached hydrogens (primary N) is 1. The van der Waals surface area contributed by atoms with Gasteiger partial charge in [-0.3, -0.25) is 0 Å². The van der Waals surface area contributed by atoms with Crippen molar-refractivity contribution >= 4 is 0 Å². The van der Waals surface area contributed by atoms with E-state index in [1.807, 2.05) is 0 Å². The van der Waals surface area contributed by atoms with Crippen molar-refractivity contribution in [1.82, 2.24) is 5.32 Å². The first-order valence-corrected chi connectivity index (χ1v) is 5.53. The van der Waals surface area contributed by atoms with E-state index in [-0.39, 0.29) is 0 Å². The highest BCUT2D eigenvalue weighted by atomic mass is 14.9. The summed E-state index contributed by atoms with van der Waals surface area (Å²) in [7, 11) is 0. The molecule has 2 unspecified atom stereocenters. The van der Waals surface area contributed by atoms with Gasteiger partial charge in [0.05, 0.1) is 0 Å². The Bertz CT molecular complexity index is 173. The van der Waals surface area contributed by atoms with Gasteiger partial charge in [0.1, 0.15) is 0 Å².